The molecular weight excluding hydrogens is 306 g/mol. The van der Waals surface area contributed by atoms with Gasteiger partial charge in [0, 0.05) is 36.7 Å². The van der Waals surface area contributed by atoms with Crippen molar-refractivity contribution >= 4 is 23.2 Å². The average molecular weight is 331 g/mol. The van der Waals surface area contributed by atoms with Crippen LogP contribution in [0.5, 0.6) is 5.75 Å². The number of ether oxygens (including phenoxy) is 1. The average Bonchev–Trinajstić information content (AvgIpc) is 3.00. The van der Waals surface area contributed by atoms with E-state index in [-0.39, 0.29) is 17.7 Å². The fourth-order valence-electron chi connectivity index (χ4n) is 3.50. The monoisotopic (exact) mass is 331 g/mol. The minimum absolute atomic E-state index is 0.0343. The summed E-state index contributed by atoms with van der Waals surface area (Å²) in [5.74, 6) is 0.818. The molecule has 0 aliphatic carbocycles. The van der Waals surface area contributed by atoms with Crippen molar-refractivity contribution in [3.63, 3.8) is 0 Å². The highest BCUT2D eigenvalue weighted by Crippen LogP contribution is 2.34. The number of nitrogens with zero attached hydrogens (tertiary/aromatic N) is 1. The number of hydrogen-bond donors (Lipinski definition) is 2. The van der Waals surface area contributed by atoms with Crippen LogP contribution in [0, 0.1) is 5.92 Å². The van der Waals surface area contributed by atoms with Gasteiger partial charge in [-0.25, -0.2) is 0 Å². The molecule has 130 valence electrons. The van der Waals surface area contributed by atoms with Crippen LogP contribution in [0.25, 0.3) is 0 Å². The standard InChI is InChI=1S/C18H25N3O3/c1-12-10-13(7-8-19-12)18(23)20-14-5-6-15(16(11-14)24-2)21-9-3-4-17(21)22/h5-6,11-13,19H,3-4,7-10H2,1-2H3,(H,20,23)/t12-,13-/m0/s1. The normalized spacial score (nSPS) is 24.1. The van der Waals surface area contributed by atoms with Gasteiger partial charge in [0.25, 0.3) is 0 Å². The number of amides is 2. The lowest BCUT2D eigenvalue weighted by Crippen LogP contribution is -2.40. The highest BCUT2D eigenvalue weighted by Gasteiger charge is 2.26. The largest absolute Gasteiger partial charge is 0.494 e. The molecule has 2 aliphatic rings. The van der Waals surface area contributed by atoms with Gasteiger partial charge in [-0.15, -0.1) is 0 Å². The van der Waals surface area contributed by atoms with Crippen molar-refractivity contribution < 1.29 is 14.3 Å². The quantitative estimate of drug-likeness (QED) is 0.887. The third kappa shape index (κ3) is 3.53. The second-order valence-corrected chi connectivity index (χ2v) is 6.60. The maximum absolute atomic E-state index is 12.5. The van der Waals surface area contributed by atoms with Gasteiger partial charge in [-0.2, -0.15) is 0 Å². The van der Waals surface area contributed by atoms with Crippen LogP contribution in [0.2, 0.25) is 0 Å². The SMILES string of the molecule is COc1cc(NC(=O)[C@H]2CCN[C@@H](C)C2)ccc1N1CCCC1=O. The predicted octanol–water partition coefficient (Wildman–Crippen LogP) is 2.15. The summed E-state index contributed by atoms with van der Waals surface area (Å²) >= 11 is 0. The van der Waals surface area contributed by atoms with Crippen molar-refractivity contribution in [2.75, 3.05) is 30.4 Å². The van der Waals surface area contributed by atoms with Gasteiger partial charge >= 0.3 is 0 Å². The van der Waals surface area contributed by atoms with E-state index in [9.17, 15) is 9.59 Å². The van der Waals surface area contributed by atoms with Crippen molar-refractivity contribution in [2.24, 2.45) is 5.92 Å². The number of hydrogen-bond acceptors (Lipinski definition) is 4. The summed E-state index contributed by atoms with van der Waals surface area (Å²) in [6.07, 6.45) is 3.15. The number of carbonyl (C=O) groups excluding carboxylic acids is 2. The highest BCUT2D eigenvalue weighted by atomic mass is 16.5. The molecule has 2 aliphatic heterocycles. The molecule has 2 N–H and O–H groups in total. The van der Waals surface area contributed by atoms with E-state index in [1.54, 1.807) is 18.1 Å². The zero-order valence-corrected chi connectivity index (χ0v) is 14.3. The van der Waals surface area contributed by atoms with Gasteiger partial charge < -0.3 is 20.3 Å². The number of benzene rings is 1. The summed E-state index contributed by atoms with van der Waals surface area (Å²) < 4.78 is 5.44. The first kappa shape index (κ1) is 16.8. The summed E-state index contributed by atoms with van der Waals surface area (Å²) in [6, 6.07) is 5.85. The molecule has 0 saturated carbocycles. The van der Waals surface area contributed by atoms with Gasteiger partial charge in [0.1, 0.15) is 5.75 Å². The van der Waals surface area contributed by atoms with Crippen LogP contribution < -0.4 is 20.3 Å². The van der Waals surface area contributed by atoms with Crippen molar-refractivity contribution in [3.05, 3.63) is 18.2 Å². The van der Waals surface area contributed by atoms with Crippen molar-refractivity contribution in [3.8, 4) is 5.75 Å². The molecule has 2 saturated heterocycles. The number of piperidine rings is 1. The molecule has 6 heteroatoms. The van der Waals surface area contributed by atoms with Crippen molar-refractivity contribution in [2.45, 2.75) is 38.6 Å². The van der Waals surface area contributed by atoms with Crippen LogP contribution in [-0.4, -0.2) is 38.1 Å². The molecular formula is C18H25N3O3. The summed E-state index contributed by atoms with van der Waals surface area (Å²) in [6.45, 7) is 3.69. The molecule has 0 bridgehead atoms. The summed E-state index contributed by atoms with van der Waals surface area (Å²) in [4.78, 5) is 26.1. The van der Waals surface area contributed by atoms with Gasteiger partial charge in [0.05, 0.1) is 12.8 Å². The smallest absolute Gasteiger partial charge is 0.227 e. The van der Waals surface area contributed by atoms with E-state index < -0.39 is 0 Å². The third-order valence-corrected chi connectivity index (χ3v) is 4.81. The molecule has 0 radical (unpaired) electrons. The molecule has 24 heavy (non-hydrogen) atoms. The summed E-state index contributed by atoms with van der Waals surface area (Å²) in [5.41, 5.74) is 1.48. The second-order valence-electron chi connectivity index (χ2n) is 6.60. The number of methoxy groups -OCH3 is 1. The Bertz CT molecular complexity index is 632. The van der Waals surface area contributed by atoms with Crippen LogP contribution in [0.15, 0.2) is 18.2 Å². The van der Waals surface area contributed by atoms with Crippen LogP contribution in [-0.2, 0) is 9.59 Å². The lowest BCUT2D eigenvalue weighted by Gasteiger charge is -2.27. The van der Waals surface area contributed by atoms with Crippen LogP contribution in [0.1, 0.15) is 32.6 Å². The topological polar surface area (TPSA) is 70.7 Å². The van der Waals surface area contributed by atoms with Gasteiger partial charge in [0.2, 0.25) is 11.8 Å². The molecule has 3 rings (SSSR count). The lowest BCUT2D eigenvalue weighted by atomic mass is 9.92. The number of rotatable bonds is 4. The van der Waals surface area contributed by atoms with E-state index >= 15 is 0 Å². The Hall–Kier alpha value is -2.08. The van der Waals surface area contributed by atoms with E-state index in [4.69, 9.17) is 4.74 Å². The molecule has 2 atom stereocenters. The first-order valence-electron chi connectivity index (χ1n) is 8.61. The lowest BCUT2D eigenvalue weighted by molar-refractivity contribution is -0.121. The Morgan fingerprint density at radius 2 is 2.25 bits per heavy atom. The Labute approximate surface area is 142 Å². The van der Waals surface area contributed by atoms with E-state index in [0.29, 0.717) is 30.4 Å². The van der Waals surface area contributed by atoms with E-state index in [0.717, 1.165) is 31.5 Å². The van der Waals surface area contributed by atoms with E-state index in [1.807, 2.05) is 12.1 Å². The maximum Gasteiger partial charge on any atom is 0.227 e. The Morgan fingerprint density at radius 1 is 1.42 bits per heavy atom. The minimum atomic E-state index is 0.0343. The second kappa shape index (κ2) is 7.21. The predicted molar refractivity (Wildman–Crippen MR) is 93.4 cm³/mol. The van der Waals surface area contributed by atoms with Gasteiger partial charge in [-0.1, -0.05) is 0 Å². The molecule has 2 heterocycles. The van der Waals surface area contributed by atoms with E-state index in [1.165, 1.54) is 0 Å². The van der Waals surface area contributed by atoms with Crippen molar-refractivity contribution in [1.82, 2.24) is 5.32 Å². The molecule has 0 aromatic heterocycles. The molecule has 0 unspecified atom stereocenters. The maximum atomic E-state index is 12.5. The highest BCUT2D eigenvalue weighted by molar-refractivity contribution is 5.98. The fourth-order valence-corrected chi connectivity index (χ4v) is 3.50. The van der Waals surface area contributed by atoms with Gasteiger partial charge in [-0.3, -0.25) is 9.59 Å². The first-order valence-corrected chi connectivity index (χ1v) is 8.61. The van der Waals surface area contributed by atoms with Crippen LogP contribution in [0.4, 0.5) is 11.4 Å². The summed E-state index contributed by atoms with van der Waals surface area (Å²) in [7, 11) is 1.58. The zero-order chi connectivity index (χ0) is 17.1. The number of anilines is 2. The van der Waals surface area contributed by atoms with Gasteiger partial charge in [0.15, 0.2) is 0 Å². The first-order chi connectivity index (χ1) is 11.6. The Morgan fingerprint density at radius 3 is 2.92 bits per heavy atom. The fraction of sp³-hybridized carbons (Fsp3) is 0.556. The molecule has 0 spiro atoms. The van der Waals surface area contributed by atoms with E-state index in [2.05, 4.69) is 17.6 Å². The minimum Gasteiger partial charge on any atom is -0.494 e. The Kier molecular flexibility index (Phi) is 5.04. The third-order valence-electron chi connectivity index (χ3n) is 4.81. The van der Waals surface area contributed by atoms with Gasteiger partial charge in [-0.05, 0) is 44.9 Å². The van der Waals surface area contributed by atoms with Crippen molar-refractivity contribution in [1.29, 1.82) is 0 Å². The zero-order valence-electron chi connectivity index (χ0n) is 14.3. The van der Waals surface area contributed by atoms with Crippen LogP contribution >= 0.6 is 0 Å². The molecule has 1 aromatic carbocycles. The molecule has 2 amide bonds. The molecule has 1 aromatic rings. The Balaban J connectivity index is 1.72. The molecule has 6 nitrogen and oxygen atoms in total. The molecule has 2 fully saturated rings. The summed E-state index contributed by atoms with van der Waals surface area (Å²) in [5, 5.41) is 6.34. The van der Waals surface area contributed by atoms with Crippen LogP contribution in [0.3, 0.4) is 0 Å². The number of nitrogens with one attached hydrogen (secondary N) is 2. The number of carbonyl (C=O) groups is 2.